The van der Waals surface area contributed by atoms with E-state index in [4.69, 9.17) is 10.00 Å². The number of hydrogen-bond donors (Lipinski definition) is 1. The van der Waals surface area contributed by atoms with E-state index in [0.717, 1.165) is 19.3 Å². The third-order valence-electron chi connectivity index (χ3n) is 6.12. The molecule has 0 aliphatic heterocycles. The molecule has 0 saturated heterocycles. The zero-order chi connectivity index (χ0) is 16.6. The van der Waals surface area contributed by atoms with Crippen LogP contribution in [-0.2, 0) is 14.3 Å². The first-order chi connectivity index (χ1) is 11.0. The van der Waals surface area contributed by atoms with E-state index < -0.39 is 12.0 Å². The number of rotatable bonds is 5. The summed E-state index contributed by atoms with van der Waals surface area (Å²) in [5, 5.41) is 11.9. The zero-order valence-corrected chi connectivity index (χ0v) is 14.0. The highest BCUT2D eigenvalue weighted by atomic mass is 16.5. The molecular formula is C18H26N2O3. The van der Waals surface area contributed by atoms with Gasteiger partial charge in [-0.05, 0) is 69.6 Å². The van der Waals surface area contributed by atoms with Gasteiger partial charge in [-0.2, -0.15) is 5.26 Å². The van der Waals surface area contributed by atoms with Gasteiger partial charge in [0.05, 0.1) is 13.2 Å². The Morgan fingerprint density at radius 2 is 1.74 bits per heavy atom. The van der Waals surface area contributed by atoms with Crippen LogP contribution in [0.3, 0.4) is 0 Å². The van der Waals surface area contributed by atoms with Crippen LogP contribution >= 0.6 is 0 Å². The van der Waals surface area contributed by atoms with Crippen LogP contribution in [0.1, 0.15) is 51.9 Å². The molecule has 23 heavy (non-hydrogen) atoms. The largest absolute Gasteiger partial charge is 0.467 e. The number of nitrogens with zero attached hydrogens (tertiary/aromatic N) is 1. The van der Waals surface area contributed by atoms with Crippen molar-refractivity contribution in [1.82, 2.24) is 5.32 Å². The monoisotopic (exact) mass is 318 g/mol. The van der Waals surface area contributed by atoms with E-state index in [0.29, 0.717) is 24.2 Å². The Labute approximate surface area is 137 Å². The number of amides is 1. The van der Waals surface area contributed by atoms with E-state index in [2.05, 4.69) is 11.4 Å². The molecule has 4 aliphatic carbocycles. The molecule has 0 radical (unpaired) electrons. The molecule has 126 valence electrons. The number of methoxy groups -OCH3 is 1. The summed E-state index contributed by atoms with van der Waals surface area (Å²) in [4.78, 5) is 25.0. The SMILES string of the molecule is COC(=O)[C@@H](C[C@H](C)C#N)NC(=O)C12CC3CC(CC(C3)C1)C2. The van der Waals surface area contributed by atoms with Crippen LogP contribution in [0.5, 0.6) is 0 Å². The van der Waals surface area contributed by atoms with E-state index in [1.807, 2.05) is 0 Å². The highest BCUT2D eigenvalue weighted by molar-refractivity contribution is 5.88. The predicted molar refractivity (Wildman–Crippen MR) is 83.9 cm³/mol. The number of esters is 1. The summed E-state index contributed by atoms with van der Waals surface area (Å²) in [6.45, 7) is 1.76. The van der Waals surface area contributed by atoms with Crippen molar-refractivity contribution in [3.63, 3.8) is 0 Å². The van der Waals surface area contributed by atoms with Gasteiger partial charge in [-0.3, -0.25) is 4.79 Å². The first kappa shape index (κ1) is 16.3. The number of carbonyl (C=O) groups is 2. The molecule has 0 aromatic carbocycles. The Hall–Kier alpha value is -1.57. The van der Waals surface area contributed by atoms with Gasteiger partial charge in [-0.15, -0.1) is 0 Å². The van der Waals surface area contributed by atoms with Crippen molar-refractivity contribution < 1.29 is 14.3 Å². The molecule has 5 heteroatoms. The molecule has 1 N–H and O–H groups in total. The normalized spacial score (nSPS) is 36.8. The fourth-order valence-electron chi connectivity index (χ4n) is 5.46. The number of nitrogens with one attached hydrogen (secondary N) is 1. The van der Waals surface area contributed by atoms with E-state index in [-0.39, 0.29) is 17.2 Å². The third-order valence-corrected chi connectivity index (χ3v) is 6.12. The predicted octanol–water partition coefficient (Wildman–Crippen LogP) is 2.41. The van der Waals surface area contributed by atoms with E-state index in [1.54, 1.807) is 6.92 Å². The highest BCUT2D eigenvalue weighted by Crippen LogP contribution is 2.60. The second kappa shape index (κ2) is 6.14. The first-order valence-electron chi connectivity index (χ1n) is 8.74. The van der Waals surface area contributed by atoms with Crippen molar-refractivity contribution in [2.24, 2.45) is 29.1 Å². The minimum absolute atomic E-state index is 0.0112. The maximum Gasteiger partial charge on any atom is 0.328 e. The van der Waals surface area contributed by atoms with Crippen molar-refractivity contribution >= 4 is 11.9 Å². The van der Waals surface area contributed by atoms with Crippen LogP contribution < -0.4 is 5.32 Å². The summed E-state index contributed by atoms with van der Waals surface area (Å²) in [5.41, 5.74) is -0.281. The molecule has 5 nitrogen and oxygen atoms in total. The summed E-state index contributed by atoms with van der Waals surface area (Å²) in [6.07, 6.45) is 7.03. The van der Waals surface area contributed by atoms with Gasteiger partial charge in [-0.1, -0.05) is 0 Å². The van der Waals surface area contributed by atoms with Crippen molar-refractivity contribution in [2.45, 2.75) is 57.9 Å². The Kier molecular flexibility index (Phi) is 4.35. The lowest BCUT2D eigenvalue weighted by molar-refractivity contribution is -0.153. The lowest BCUT2D eigenvalue weighted by atomic mass is 9.49. The van der Waals surface area contributed by atoms with Gasteiger partial charge in [-0.25, -0.2) is 4.79 Å². The minimum Gasteiger partial charge on any atom is -0.467 e. The Morgan fingerprint density at radius 3 is 2.17 bits per heavy atom. The average Bonchev–Trinajstić information content (AvgIpc) is 2.51. The molecule has 4 rings (SSSR count). The Balaban J connectivity index is 1.71. The molecule has 0 heterocycles. The molecule has 4 aliphatic rings. The van der Waals surface area contributed by atoms with Gasteiger partial charge >= 0.3 is 5.97 Å². The molecule has 4 fully saturated rings. The standard InChI is InChI=1S/C18H26N2O3/c1-11(10-19)3-15(16(21)23-2)20-17(22)18-7-12-4-13(8-18)6-14(5-12)9-18/h11-15H,3-9H2,1-2H3,(H,20,22)/t11-,12?,13?,14?,15+,18?/m0/s1. The molecule has 0 spiro atoms. The Morgan fingerprint density at radius 1 is 1.22 bits per heavy atom. The van der Waals surface area contributed by atoms with Gasteiger partial charge in [0.2, 0.25) is 5.91 Å². The van der Waals surface area contributed by atoms with Gasteiger partial charge in [0.15, 0.2) is 0 Å². The zero-order valence-electron chi connectivity index (χ0n) is 14.0. The average molecular weight is 318 g/mol. The third kappa shape index (κ3) is 3.08. The van der Waals surface area contributed by atoms with E-state index in [9.17, 15) is 9.59 Å². The fraction of sp³-hybridized carbons (Fsp3) is 0.833. The van der Waals surface area contributed by atoms with Gasteiger partial charge < -0.3 is 10.1 Å². The van der Waals surface area contributed by atoms with Crippen molar-refractivity contribution in [2.75, 3.05) is 7.11 Å². The lowest BCUT2D eigenvalue weighted by Crippen LogP contribution is -2.56. The first-order valence-corrected chi connectivity index (χ1v) is 8.74. The number of hydrogen-bond acceptors (Lipinski definition) is 4. The van der Waals surface area contributed by atoms with Crippen LogP contribution in [0.4, 0.5) is 0 Å². The molecule has 2 atom stereocenters. The lowest BCUT2D eigenvalue weighted by Gasteiger charge is -2.55. The molecule has 0 aromatic heterocycles. The van der Waals surface area contributed by atoms with Crippen LogP contribution in [0.15, 0.2) is 0 Å². The van der Waals surface area contributed by atoms with Gasteiger partial charge in [0.1, 0.15) is 6.04 Å². The molecule has 1 amide bonds. The van der Waals surface area contributed by atoms with Gasteiger partial charge in [0.25, 0.3) is 0 Å². The van der Waals surface area contributed by atoms with E-state index >= 15 is 0 Å². The van der Waals surface area contributed by atoms with Gasteiger partial charge in [0, 0.05) is 11.3 Å². The molecule has 0 unspecified atom stereocenters. The maximum absolute atomic E-state index is 13.0. The summed E-state index contributed by atoms with van der Waals surface area (Å²) < 4.78 is 4.81. The van der Waals surface area contributed by atoms with Crippen LogP contribution in [0.25, 0.3) is 0 Å². The molecule has 4 bridgehead atoms. The quantitative estimate of drug-likeness (QED) is 0.790. The fourth-order valence-corrected chi connectivity index (χ4v) is 5.46. The second-order valence-corrected chi connectivity index (χ2v) is 8.01. The van der Waals surface area contributed by atoms with Crippen LogP contribution in [0, 0.1) is 40.4 Å². The molecule has 0 aromatic rings. The summed E-state index contributed by atoms with van der Waals surface area (Å²) in [7, 11) is 1.32. The molecule has 4 saturated carbocycles. The van der Waals surface area contributed by atoms with Crippen molar-refractivity contribution in [3.05, 3.63) is 0 Å². The number of ether oxygens (including phenoxy) is 1. The summed E-state index contributed by atoms with van der Waals surface area (Å²) in [6, 6.07) is 1.41. The summed E-state index contributed by atoms with van der Waals surface area (Å²) in [5.74, 6) is 1.31. The number of carbonyl (C=O) groups excluding carboxylic acids is 2. The van der Waals surface area contributed by atoms with Crippen LogP contribution in [0.2, 0.25) is 0 Å². The Bertz CT molecular complexity index is 502. The summed E-state index contributed by atoms with van der Waals surface area (Å²) >= 11 is 0. The smallest absolute Gasteiger partial charge is 0.328 e. The minimum atomic E-state index is -0.713. The van der Waals surface area contributed by atoms with Crippen molar-refractivity contribution in [1.29, 1.82) is 5.26 Å². The maximum atomic E-state index is 13.0. The highest BCUT2D eigenvalue weighted by Gasteiger charge is 2.55. The topological polar surface area (TPSA) is 79.2 Å². The van der Waals surface area contributed by atoms with E-state index in [1.165, 1.54) is 26.4 Å². The molecular weight excluding hydrogens is 292 g/mol. The second-order valence-electron chi connectivity index (χ2n) is 8.01. The van der Waals surface area contributed by atoms with Crippen LogP contribution in [-0.4, -0.2) is 25.0 Å². The number of nitriles is 1. The van der Waals surface area contributed by atoms with Crippen molar-refractivity contribution in [3.8, 4) is 6.07 Å².